The summed E-state index contributed by atoms with van der Waals surface area (Å²) in [4.78, 5) is 16.8. The van der Waals surface area contributed by atoms with Gasteiger partial charge in [-0.3, -0.25) is 4.79 Å². The van der Waals surface area contributed by atoms with E-state index in [1.165, 1.54) is 18.2 Å². The van der Waals surface area contributed by atoms with Crippen molar-refractivity contribution in [1.29, 1.82) is 0 Å². The second kappa shape index (κ2) is 7.62. The molecule has 10 heteroatoms. The number of hydrogen-bond donors (Lipinski definition) is 1. The van der Waals surface area contributed by atoms with Gasteiger partial charge < -0.3 is 5.32 Å². The lowest BCUT2D eigenvalue weighted by Crippen LogP contribution is -2.16. The van der Waals surface area contributed by atoms with Crippen LogP contribution in [-0.4, -0.2) is 20.5 Å². The number of nitrogens with zero attached hydrogens (tertiary/aromatic N) is 3. The number of rotatable bonds is 3. The average Bonchev–Trinajstić information content (AvgIpc) is 3.15. The smallest absolute Gasteiger partial charge is 0.319 e. The highest BCUT2D eigenvalue weighted by Crippen LogP contribution is 2.33. The summed E-state index contributed by atoms with van der Waals surface area (Å²) in [7, 11) is 0. The molecule has 0 radical (unpaired) electrons. The largest absolute Gasteiger partial charge is 0.433 e. The Balaban J connectivity index is 1.79. The van der Waals surface area contributed by atoms with Gasteiger partial charge in [-0.15, -0.1) is 0 Å². The van der Waals surface area contributed by atoms with Crippen molar-refractivity contribution in [3.63, 3.8) is 0 Å². The van der Waals surface area contributed by atoms with Crippen LogP contribution in [0, 0.1) is 0 Å². The highest BCUT2D eigenvalue weighted by atomic mass is 35.5. The Morgan fingerprint density at radius 2 is 1.73 bits per heavy atom. The molecule has 4 aromatic rings. The molecule has 0 aliphatic rings. The number of fused-ring (bicyclic) bond motifs is 1. The fourth-order valence-electron chi connectivity index (χ4n) is 2.83. The van der Waals surface area contributed by atoms with Crippen LogP contribution in [0.1, 0.15) is 16.2 Å². The van der Waals surface area contributed by atoms with Crippen LogP contribution < -0.4 is 5.32 Å². The van der Waals surface area contributed by atoms with E-state index in [9.17, 15) is 18.0 Å². The normalized spacial score (nSPS) is 11.6. The third-order valence-corrected chi connectivity index (χ3v) is 5.04. The number of hydrogen-bond acceptors (Lipinski definition) is 3. The number of halogens is 5. The van der Waals surface area contributed by atoms with Crippen LogP contribution in [0.15, 0.2) is 60.7 Å². The minimum atomic E-state index is -4.71. The van der Waals surface area contributed by atoms with Gasteiger partial charge in [0.05, 0.1) is 21.4 Å². The van der Waals surface area contributed by atoms with Gasteiger partial charge in [-0.1, -0.05) is 59.6 Å². The number of carbonyl (C=O) groups excluding carboxylic acids is 1. The van der Waals surface area contributed by atoms with Crippen molar-refractivity contribution in [3.05, 3.63) is 82.1 Å². The molecule has 0 saturated heterocycles. The van der Waals surface area contributed by atoms with Gasteiger partial charge in [-0.05, 0) is 18.2 Å². The maximum atomic E-state index is 13.6. The number of alkyl halides is 3. The predicted octanol–water partition coefficient (Wildman–Crippen LogP) is 5.97. The van der Waals surface area contributed by atoms with Crippen molar-refractivity contribution < 1.29 is 18.0 Å². The maximum absolute atomic E-state index is 13.6. The molecule has 2 aromatic carbocycles. The molecule has 0 spiro atoms. The number of nitrogens with one attached hydrogen (secondary N) is 1. The van der Waals surface area contributed by atoms with Crippen LogP contribution >= 0.6 is 23.2 Å². The topological polar surface area (TPSA) is 59.3 Å². The van der Waals surface area contributed by atoms with E-state index in [-0.39, 0.29) is 32.8 Å². The first-order valence-corrected chi connectivity index (χ1v) is 9.28. The van der Waals surface area contributed by atoms with E-state index in [0.717, 1.165) is 6.07 Å². The van der Waals surface area contributed by atoms with E-state index in [2.05, 4.69) is 15.4 Å². The summed E-state index contributed by atoms with van der Waals surface area (Å²) in [6.45, 7) is 0. The van der Waals surface area contributed by atoms with Crippen LogP contribution in [-0.2, 0) is 6.18 Å². The van der Waals surface area contributed by atoms with E-state index < -0.39 is 17.8 Å². The lowest BCUT2D eigenvalue weighted by atomic mass is 10.1. The van der Waals surface area contributed by atoms with Crippen LogP contribution in [0.2, 0.25) is 10.0 Å². The van der Waals surface area contributed by atoms with Crippen molar-refractivity contribution in [1.82, 2.24) is 14.6 Å². The number of aromatic nitrogens is 3. The Labute approximate surface area is 178 Å². The highest BCUT2D eigenvalue weighted by Gasteiger charge is 2.35. The lowest BCUT2D eigenvalue weighted by Gasteiger charge is -2.11. The number of anilines is 1. The molecule has 0 fully saturated rings. The van der Waals surface area contributed by atoms with Gasteiger partial charge in [0.25, 0.3) is 5.91 Å². The monoisotopic (exact) mass is 450 g/mol. The molecular formula is C20H11Cl2F3N4O. The summed E-state index contributed by atoms with van der Waals surface area (Å²) in [6.07, 6.45) is -4.71. The molecule has 30 heavy (non-hydrogen) atoms. The zero-order valence-electron chi connectivity index (χ0n) is 14.9. The van der Waals surface area contributed by atoms with E-state index in [0.29, 0.717) is 10.1 Å². The Bertz CT molecular complexity index is 1260. The first kappa shape index (κ1) is 20.2. The zero-order valence-corrected chi connectivity index (χ0v) is 16.4. The molecule has 2 aromatic heterocycles. The van der Waals surface area contributed by atoms with Crippen LogP contribution in [0.25, 0.3) is 16.9 Å². The van der Waals surface area contributed by atoms with E-state index in [1.54, 1.807) is 36.4 Å². The molecule has 2 heterocycles. The fourth-order valence-corrected chi connectivity index (χ4v) is 3.18. The van der Waals surface area contributed by atoms with Gasteiger partial charge in [0.2, 0.25) is 0 Å². The molecular weight excluding hydrogens is 440 g/mol. The van der Waals surface area contributed by atoms with Crippen molar-refractivity contribution >= 4 is 40.4 Å². The standard InChI is InChI=1S/C20H11Cl2F3N4O/c21-12-7-4-8-13(18(12)22)27-19(30)15-10-17-26-14(11-5-2-1-3-6-11)9-16(20(23,24)25)29(17)28-15/h1-10H,(H,27,30). The zero-order chi connectivity index (χ0) is 21.5. The van der Waals surface area contributed by atoms with Gasteiger partial charge in [-0.25, -0.2) is 9.50 Å². The third kappa shape index (κ3) is 3.83. The molecule has 1 N–H and O–H groups in total. The van der Waals surface area contributed by atoms with E-state index in [1.807, 2.05) is 0 Å². The molecule has 0 aliphatic heterocycles. The fraction of sp³-hybridized carbons (Fsp3) is 0.0500. The van der Waals surface area contributed by atoms with Crippen molar-refractivity contribution in [2.24, 2.45) is 0 Å². The number of carbonyl (C=O) groups is 1. The summed E-state index contributed by atoms with van der Waals surface area (Å²) in [5.74, 6) is -0.751. The van der Waals surface area contributed by atoms with Gasteiger partial charge in [0.15, 0.2) is 17.0 Å². The van der Waals surface area contributed by atoms with Crippen LogP contribution in [0.5, 0.6) is 0 Å². The summed E-state index contributed by atoms with van der Waals surface area (Å²) >= 11 is 12.0. The second-order valence-corrected chi connectivity index (χ2v) is 7.03. The van der Waals surface area contributed by atoms with Gasteiger partial charge in [0.1, 0.15) is 0 Å². The molecule has 1 amide bonds. The molecule has 4 rings (SSSR count). The molecule has 0 bridgehead atoms. The maximum Gasteiger partial charge on any atom is 0.433 e. The van der Waals surface area contributed by atoms with Crippen molar-refractivity contribution in [2.45, 2.75) is 6.18 Å². The highest BCUT2D eigenvalue weighted by molar-refractivity contribution is 6.44. The molecule has 0 unspecified atom stereocenters. The van der Waals surface area contributed by atoms with E-state index >= 15 is 0 Å². The van der Waals surface area contributed by atoms with Crippen LogP contribution in [0.3, 0.4) is 0 Å². The Hall–Kier alpha value is -3.10. The van der Waals surface area contributed by atoms with Gasteiger partial charge in [-0.2, -0.15) is 18.3 Å². The second-order valence-electron chi connectivity index (χ2n) is 6.25. The van der Waals surface area contributed by atoms with Gasteiger partial charge in [0, 0.05) is 11.6 Å². The lowest BCUT2D eigenvalue weighted by molar-refractivity contribution is -0.142. The average molecular weight is 451 g/mol. The molecule has 152 valence electrons. The Kier molecular flexibility index (Phi) is 5.13. The molecule has 0 atom stereocenters. The molecule has 5 nitrogen and oxygen atoms in total. The van der Waals surface area contributed by atoms with E-state index in [4.69, 9.17) is 23.2 Å². The quantitative estimate of drug-likeness (QED) is 0.417. The summed E-state index contributed by atoms with van der Waals surface area (Å²) in [5, 5.41) is 6.63. The summed E-state index contributed by atoms with van der Waals surface area (Å²) < 4.78 is 41.5. The number of amides is 1. The first-order valence-electron chi connectivity index (χ1n) is 8.53. The molecule has 0 saturated carbocycles. The summed E-state index contributed by atoms with van der Waals surface area (Å²) in [5.41, 5.74) is -0.602. The van der Waals surface area contributed by atoms with Crippen LogP contribution in [0.4, 0.5) is 18.9 Å². The Morgan fingerprint density at radius 3 is 2.43 bits per heavy atom. The van der Waals surface area contributed by atoms with Crippen molar-refractivity contribution in [3.8, 4) is 11.3 Å². The van der Waals surface area contributed by atoms with Crippen molar-refractivity contribution in [2.75, 3.05) is 5.32 Å². The summed E-state index contributed by atoms with van der Waals surface area (Å²) in [6, 6.07) is 15.1. The third-order valence-electron chi connectivity index (χ3n) is 4.22. The molecule has 0 aliphatic carbocycles. The predicted molar refractivity (Wildman–Crippen MR) is 108 cm³/mol. The van der Waals surface area contributed by atoms with Gasteiger partial charge >= 0.3 is 6.18 Å². The Morgan fingerprint density at radius 1 is 1.00 bits per heavy atom. The first-order chi connectivity index (χ1) is 14.2. The SMILES string of the molecule is O=C(Nc1cccc(Cl)c1Cl)c1cc2nc(-c3ccccc3)cc(C(F)(F)F)n2n1. The minimum Gasteiger partial charge on any atom is -0.319 e. The number of benzene rings is 2. The minimum absolute atomic E-state index is 0.108.